The lowest BCUT2D eigenvalue weighted by Gasteiger charge is -2.14. The molecule has 0 unspecified atom stereocenters. The summed E-state index contributed by atoms with van der Waals surface area (Å²) in [6.45, 7) is 2.03. The third-order valence-electron chi connectivity index (χ3n) is 3.93. The van der Waals surface area contributed by atoms with Crippen molar-refractivity contribution in [2.24, 2.45) is 0 Å². The largest absolute Gasteiger partial charge is 0.389 e. The number of nitrogens with one attached hydrogen (secondary N) is 3. The molecule has 7 heteroatoms. The molecule has 3 heterocycles. The average molecular weight is 278 g/mol. The van der Waals surface area contributed by atoms with Crippen LogP contribution in [-0.2, 0) is 0 Å². The van der Waals surface area contributed by atoms with Gasteiger partial charge in [-0.1, -0.05) is 13.3 Å². The van der Waals surface area contributed by atoms with Crippen LogP contribution in [0.2, 0.25) is 0 Å². The number of aliphatic hydroxyl groups is 2. The topological polar surface area (TPSA) is 114 Å². The van der Waals surface area contributed by atoms with Gasteiger partial charge in [-0.05, 0) is 6.42 Å². The van der Waals surface area contributed by atoms with Crippen LogP contribution < -0.4 is 10.9 Å². The highest BCUT2D eigenvalue weighted by Gasteiger charge is 2.42. The Morgan fingerprint density at radius 1 is 1.30 bits per heavy atom. The predicted molar refractivity (Wildman–Crippen MR) is 73.3 cm³/mol. The number of fused-ring (bicyclic) bond motifs is 1. The monoisotopic (exact) mass is 278 g/mol. The van der Waals surface area contributed by atoms with Crippen LogP contribution in [0.25, 0.3) is 11.0 Å². The van der Waals surface area contributed by atoms with Crippen molar-refractivity contribution in [3.63, 3.8) is 0 Å². The molecule has 0 saturated carbocycles. The van der Waals surface area contributed by atoms with Gasteiger partial charge in [0.05, 0.1) is 18.5 Å². The van der Waals surface area contributed by atoms with Gasteiger partial charge in [0.15, 0.2) is 0 Å². The zero-order chi connectivity index (χ0) is 14.3. The summed E-state index contributed by atoms with van der Waals surface area (Å²) in [5, 5.41) is 23.5. The quantitative estimate of drug-likeness (QED) is 0.533. The number of hydrogen-bond donors (Lipinski definition) is 5. The van der Waals surface area contributed by atoms with Crippen LogP contribution in [-0.4, -0.2) is 43.4 Å². The molecular weight excluding hydrogens is 260 g/mol. The highest BCUT2D eigenvalue weighted by molar-refractivity contribution is 5.78. The lowest BCUT2D eigenvalue weighted by molar-refractivity contribution is 0.0269. The summed E-state index contributed by atoms with van der Waals surface area (Å²) in [5.41, 5.74) is 1.36. The third kappa shape index (κ3) is 1.94. The number of aromatic nitrogens is 3. The van der Waals surface area contributed by atoms with Gasteiger partial charge < -0.3 is 25.5 Å². The number of aliphatic hydroxyl groups excluding tert-OH is 2. The van der Waals surface area contributed by atoms with Crippen molar-refractivity contribution in [1.82, 2.24) is 20.3 Å². The van der Waals surface area contributed by atoms with E-state index >= 15 is 0 Å². The van der Waals surface area contributed by atoms with Gasteiger partial charge in [0, 0.05) is 17.8 Å². The van der Waals surface area contributed by atoms with Crippen LogP contribution in [0.5, 0.6) is 0 Å². The Morgan fingerprint density at radius 3 is 2.85 bits per heavy atom. The van der Waals surface area contributed by atoms with E-state index in [1.807, 2.05) is 6.92 Å². The highest BCUT2D eigenvalue weighted by atomic mass is 16.3. The summed E-state index contributed by atoms with van der Waals surface area (Å²) in [5.74, 6) is 0. The molecule has 108 valence electrons. The Bertz CT molecular complexity index is 665. The minimum absolute atomic E-state index is 0.146. The Kier molecular flexibility index (Phi) is 3.33. The maximum Gasteiger partial charge on any atom is 0.275 e. The zero-order valence-corrected chi connectivity index (χ0v) is 11.1. The van der Waals surface area contributed by atoms with Gasteiger partial charge in [-0.15, -0.1) is 0 Å². The van der Waals surface area contributed by atoms with Gasteiger partial charge in [0.1, 0.15) is 17.1 Å². The molecular formula is C13H18N4O3. The lowest BCUT2D eigenvalue weighted by Crippen LogP contribution is -2.32. The molecule has 5 N–H and O–H groups in total. The maximum atomic E-state index is 11.7. The second-order valence-electron chi connectivity index (χ2n) is 5.22. The number of aromatic amines is 2. The predicted octanol–water partition coefficient (Wildman–Crippen LogP) is -0.214. The summed E-state index contributed by atoms with van der Waals surface area (Å²) in [6.07, 6.45) is 2.97. The van der Waals surface area contributed by atoms with Crippen molar-refractivity contribution in [2.45, 2.75) is 44.1 Å². The van der Waals surface area contributed by atoms with Crippen molar-refractivity contribution in [3.8, 4) is 0 Å². The Hall–Kier alpha value is -1.70. The molecule has 0 spiro atoms. The van der Waals surface area contributed by atoms with E-state index in [2.05, 4.69) is 20.3 Å². The minimum Gasteiger partial charge on any atom is -0.389 e. The maximum absolute atomic E-state index is 11.7. The van der Waals surface area contributed by atoms with E-state index in [-0.39, 0.29) is 11.6 Å². The van der Waals surface area contributed by atoms with Crippen molar-refractivity contribution in [1.29, 1.82) is 0 Å². The van der Waals surface area contributed by atoms with Gasteiger partial charge in [0.25, 0.3) is 5.56 Å². The summed E-state index contributed by atoms with van der Waals surface area (Å²) in [6, 6.07) is -0.573. The van der Waals surface area contributed by atoms with E-state index in [0.29, 0.717) is 16.6 Å². The molecule has 2 aromatic rings. The summed E-state index contributed by atoms with van der Waals surface area (Å²) in [7, 11) is 0. The fourth-order valence-electron chi connectivity index (χ4n) is 2.91. The van der Waals surface area contributed by atoms with Crippen molar-refractivity contribution in [3.05, 3.63) is 28.4 Å². The van der Waals surface area contributed by atoms with Gasteiger partial charge in [-0.3, -0.25) is 4.79 Å². The molecule has 1 fully saturated rings. The van der Waals surface area contributed by atoms with Crippen molar-refractivity contribution < 1.29 is 10.2 Å². The Balaban J connectivity index is 1.99. The molecule has 0 aromatic carbocycles. The fraction of sp³-hybridized carbons (Fsp3) is 0.538. The SMILES string of the molecule is CCC[C@H]1N[C@@H](c2c[nH]c3c(=O)[nH]cnc23)[C@H](O)[C@@H]1O. The van der Waals surface area contributed by atoms with E-state index < -0.39 is 18.2 Å². The average Bonchev–Trinajstić information content (AvgIpc) is 2.97. The van der Waals surface area contributed by atoms with Gasteiger partial charge in [-0.25, -0.2) is 4.98 Å². The summed E-state index contributed by atoms with van der Waals surface area (Å²) >= 11 is 0. The minimum atomic E-state index is -0.911. The molecule has 0 aliphatic carbocycles. The Labute approximate surface area is 115 Å². The molecule has 7 nitrogen and oxygen atoms in total. The van der Waals surface area contributed by atoms with Gasteiger partial charge >= 0.3 is 0 Å². The molecule has 0 radical (unpaired) electrons. The van der Waals surface area contributed by atoms with E-state index in [4.69, 9.17) is 0 Å². The fourth-order valence-corrected chi connectivity index (χ4v) is 2.91. The van der Waals surface area contributed by atoms with Crippen LogP contribution in [0.3, 0.4) is 0 Å². The van der Waals surface area contributed by atoms with Gasteiger partial charge in [-0.2, -0.15) is 0 Å². The van der Waals surface area contributed by atoms with Crippen molar-refractivity contribution >= 4 is 11.0 Å². The standard InChI is InChI=1S/C13H18N4O3/c1-2-3-7-11(18)12(19)9(17-7)6-4-14-10-8(6)15-5-16-13(10)20/h4-5,7,9,11-12,14,17-19H,2-3H2,1H3,(H,15,16,20)/t7-,9+,11-,12+/m1/s1. The number of hydrogen-bond acceptors (Lipinski definition) is 5. The van der Waals surface area contributed by atoms with Gasteiger partial charge in [0.2, 0.25) is 0 Å². The summed E-state index contributed by atoms with van der Waals surface area (Å²) < 4.78 is 0. The molecule has 0 amide bonds. The summed E-state index contributed by atoms with van der Waals surface area (Å²) in [4.78, 5) is 21.2. The second-order valence-corrected chi connectivity index (χ2v) is 5.22. The van der Waals surface area contributed by atoms with Crippen molar-refractivity contribution in [2.75, 3.05) is 0 Å². The first-order valence-electron chi connectivity index (χ1n) is 6.80. The molecule has 3 rings (SSSR count). The van der Waals surface area contributed by atoms with E-state index in [0.717, 1.165) is 12.8 Å². The third-order valence-corrected chi connectivity index (χ3v) is 3.93. The molecule has 4 atom stereocenters. The second kappa shape index (κ2) is 5.01. The lowest BCUT2D eigenvalue weighted by atomic mass is 10.0. The molecule has 1 aliphatic rings. The van der Waals surface area contributed by atoms with E-state index in [9.17, 15) is 15.0 Å². The van der Waals surface area contributed by atoms with Crippen LogP contribution >= 0.6 is 0 Å². The smallest absolute Gasteiger partial charge is 0.275 e. The molecule has 1 aliphatic heterocycles. The molecule has 2 aromatic heterocycles. The Morgan fingerprint density at radius 2 is 2.10 bits per heavy atom. The highest BCUT2D eigenvalue weighted by Crippen LogP contribution is 2.31. The molecule has 20 heavy (non-hydrogen) atoms. The van der Waals surface area contributed by atoms with Crippen LogP contribution in [0.1, 0.15) is 31.4 Å². The number of nitrogens with zero attached hydrogens (tertiary/aromatic N) is 1. The first-order valence-corrected chi connectivity index (χ1v) is 6.80. The van der Waals surface area contributed by atoms with E-state index in [1.165, 1.54) is 6.33 Å². The van der Waals surface area contributed by atoms with Crippen LogP contribution in [0, 0.1) is 0 Å². The normalized spacial score (nSPS) is 30.1. The molecule has 1 saturated heterocycles. The first-order chi connectivity index (χ1) is 9.63. The number of rotatable bonds is 3. The van der Waals surface area contributed by atoms with Crippen LogP contribution in [0.4, 0.5) is 0 Å². The zero-order valence-electron chi connectivity index (χ0n) is 11.1. The number of H-pyrrole nitrogens is 2. The first kappa shape index (κ1) is 13.3. The van der Waals surface area contributed by atoms with Crippen LogP contribution in [0.15, 0.2) is 17.3 Å². The van der Waals surface area contributed by atoms with E-state index in [1.54, 1.807) is 6.20 Å². The molecule has 0 bridgehead atoms.